The minimum Gasteiger partial charge on any atom is -0.295 e. The van der Waals surface area contributed by atoms with Crippen LogP contribution in [0.5, 0.6) is 0 Å². The van der Waals surface area contributed by atoms with Gasteiger partial charge >= 0.3 is 0 Å². The molecule has 4 nitrogen and oxygen atoms in total. The van der Waals surface area contributed by atoms with Crippen LogP contribution in [0.3, 0.4) is 0 Å². The number of carbonyl (C=O) groups is 1. The van der Waals surface area contributed by atoms with Gasteiger partial charge in [0.2, 0.25) is 0 Å². The normalized spacial score (nSPS) is 21.7. The summed E-state index contributed by atoms with van der Waals surface area (Å²) < 4.78 is 1.71. The molecular formula is C13H21N3O. The van der Waals surface area contributed by atoms with Crippen LogP contribution in [-0.2, 0) is 7.05 Å². The molecule has 0 spiro atoms. The Morgan fingerprint density at radius 3 is 2.88 bits per heavy atom. The zero-order valence-corrected chi connectivity index (χ0v) is 10.9. The van der Waals surface area contributed by atoms with Gasteiger partial charge in [0.15, 0.2) is 5.78 Å². The molecule has 1 unspecified atom stereocenters. The molecule has 1 aromatic heterocycles. The molecule has 0 amide bonds. The number of ketones is 1. The lowest BCUT2D eigenvalue weighted by Crippen LogP contribution is -2.33. The number of carbonyl (C=O) groups excluding carboxylic acids is 1. The number of aryl methyl sites for hydroxylation is 1. The molecule has 0 saturated carbocycles. The van der Waals surface area contributed by atoms with Gasteiger partial charge in [0.25, 0.3) is 0 Å². The average molecular weight is 235 g/mol. The first-order valence-electron chi connectivity index (χ1n) is 6.42. The second-order valence-electron chi connectivity index (χ2n) is 4.77. The molecule has 17 heavy (non-hydrogen) atoms. The molecule has 1 aliphatic rings. The molecule has 1 atom stereocenters. The predicted molar refractivity (Wildman–Crippen MR) is 67.1 cm³/mol. The Labute approximate surface area is 103 Å². The van der Waals surface area contributed by atoms with Crippen molar-refractivity contribution in [1.29, 1.82) is 0 Å². The van der Waals surface area contributed by atoms with Crippen LogP contribution in [0.25, 0.3) is 0 Å². The lowest BCUT2D eigenvalue weighted by atomic mass is 9.99. The van der Waals surface area contributed by atoms with Gasteiger partial charge in [-0.3, -0.25) is 14.4 Å². The molecule has 0 radical (unpaired) electrons. The number of likely N-dealkylation sites (tertiary alicyclic amines) is 1. The highest BCUT2D eigenvalue weighted by Gasteiger charge is 2.25. The molecule has 1 aliphatic heterocycles. The minimum atomic E-state index is 0.0881. The third-order valence-electron chi connectivity index (χ3n) is 3.62. The number of rotatable bonds is 3. The Hall–Kier alpha value is -1.16. The van der Waals surface area contributed by atoms with Crippen LogP contribution in [0, 0.1) is 0 Å². The van der Waals surface area contributed by atoms with E-state index in [1.807, 2.05) is 13.1 Å². The van der Waals surface area contributed by atoms with Crippen molar-refractivity contribution in [2.45, 2.75) is 39.2 Å². The SMILES string of the molecule is CCN1CCCCC1c1cc(C(C)=O)n(C)n1. The van der Waals surface area contributed by atoms with Crippen molar-refractivity contribution in [3.8, 4) is 0 Å². The van der Waals surface area contributed by atoms with Crippen molar-refractivity contribution >= 4 is 5.78 Å². The molecule has 2 rings (SSSR count). The summed E-state index contributed by atoms with van der Waals surface area (Å²) in [4.78, 5) is 13.9. The standard InChI is InChI=1S/C13H21N3O/c1-4-16-8-6-5-7-12(16)11-9-13(10(2)17)15(3)14-11/h9,12H,4-8H2,1-3H3. The summed E-state index contributed by atoms with van der Waals surface area (Å²) in [7, 11) is 1.85. The van der Waals surface area contributed by atoms with E-state index in [4.69, 9.17) is 0 Å². The molecule has 2 heterocycles. The number of hydrogen-bond acceptors (Lipinski definition) is 3. The molecule has 1 saturated heterocycles. The summed E-state index contributed by atoms with van der Waals surface area (Å²) in [5.74, 6) is 0.0881. The van der Waals surface area contributed by atoms with Crippen molar-refractivity contribution in [2.24, 2.45) is 7.05 Å². The van der Waals surface area contributed by atoms with Crippen molar-refractivity contribution in [3.63, 3.8) is 0 Å². The van der Waals surface area contributed by atoms with Gasteiger partial charge in [-0.15, -0.1) is 0 Å². The van der Waals surface area contributed by atoms with Crippen molar-refractivity contribution < 1.29 is 4.79 Å². The summed E-state index contributed by atoms with van der Waals surface area (Å²) >= 11 is 0. The van der Waals surface area contributed by atoms with Crippen LogP contribution < -0.4 is 0 Å². The Balaban J connectivity index is 2.26. The zero-order valence-electron chi connectivity index (χ0n) is 10.9. The molecule has 1 fully saturated rings. The molecule has 0 aliphatic carbocycles. The van der Waals surface area contributed by atoms with Gasteiger partial charge in [0.1, 0.15) is 5.69 Å². The fourth-order valence-electron chi connectivity index (χ4n) is 2.69. The number of piperidine rings is 1. The van der Waals surface area contributed by atoms with Gasteiger partial charge in [-0.05, 0) is 32.0 Å². The predicted octanol–water partition coefficient (Wildman–Crippen LogP) is 2.17. The van der Waals surface area contributed by atoms with E-state index in [2.05, 4.69) is 16.9 Å². The number of hydrogen-bond donors (Lipinski definition) is 0. The van der Waals surface area contributed by atoms with E-state index in [1.54, 1.807) is 11.6 Å². The van der Waals surface area contributed by atoms with Gasteiger partial charge in [0, 0.05) is 14.0 Å². The monoisotopic (exact) mass is 235 g/mol. The first-order valence-corrected chi connectivity index (χ1v) is 6.42. The zero-order chi connectivity index (χ0) is 12.4. The number of aromatic nitrogens is 2. The number of nitrogens with zero attached hydrogens (tertiary/aromatic N) is 3. The maximum Gasteiger partial charge on any atom is 0.177 e. The van der Waals surface area contributed by atoms with Gasteiger partial charge < -0.3 is 0 Å². The van der Waals surface area contributed by atoms with Crippen molar-refractivity contribution in [2.75, 3.05) is 13.1 Å². The van der Waals surface area contributed by atoms with Crippen LogP contribution in [0.15, 0.2) is 6.07 Å². The lowest BCUT2D eigenvalue weighted by Gasteiger charge is -2.33. The first-order chi connectivity index (χ1) is 8.13. The molecule has 0 aromatic carbocycles. The Kier molecular flexibility index (Phi) is 3.62. The first kappa shape index (κ1) is 12.3. The summed E-state index contributed by atoms with van der Waals surface area (Å²) in [6.45, 7) is 5.98. The largest absolute Gasteiger partial charge is 0.295 e. The van der Waals surface area contributed by atoms with Gasteiger partial charge in [-0.1, -0.05) is 13.3 Å². The van der Waals surface area contributed by atoms with Crippen LogP contribution in [-0.4, -0.2) is 33.6 Å². The van der Waals surface area contributed by atoms with Gasteiger partial charge in [-0.2, -0.15) is 5.10 Å². The van der Waals surface area contributed by atoms with Gasteiger partial charge in [0.05, 0.1) is 11.7 Å². The van der Waals surface area contributed by atoms with E-state index >= 15 is 0 Å². The molecule has 4 heteroatoms. The quantitative estimate of drug-likeness (QED) is 0.754. The molecule has 94 valence electrons. The maximum atomic E-state index is 11.4. The topological polar surface area (TPSA) is 38.1 Å². The van der Waals surface area contributed by atoms with Crippen LogP contribution >= 0.6 is 0 Å². The fourth-order valence-corrected chi connectivity index (χ4v) is 2.69. The van der Waals surface area contributed by atoms with E-state index in [0.29, 0.717) is 11.7 Å². The second kappa shape index (κ2) is 5.00. The van der Waals surface area contributed by atoms with Crippen molar-refractivity contribution in [1.82, 2.24) is 14.7 Å². The smallest absolute Gasteiger partial charge is 0.177 e. The van der Waals surface area contributed by atoms with Gasteiger partial charge in [-0.25, -0.2) is 0 Å². The number of Topliss-reactive ketones (excluding diaryl/α,β-unsaturated/α-hetero) is 1. The Bertz CT molecular complexity index is 411. The van der Waals surface area contributed by atoms with Crippen LogP contribution in [0.2, 0.25) is 0 Å². The highest BCUT2D eigenvalue weighted by atomic mass is 16.1. The Morgan fingerprint density at radius 2 is 2.29 bits per heavy atom. The fraction of sp³-hybridized carbons (Fsp3) is 0.692. The van der Waals surface area contributed by atoms with Crippen LogP contribution in [0.4, 0.5) is 0 Å². The summed E-state index contributed by atoms with van der Waals surface area (Å²) in [5.41, 5.74) is 1.76. The van der Waals surface area contributed by atoms with E-state index in [9.17, 15) is 4.79 Å². The van der Waals surface area contributed by atoms with Crippen molar-refractivity contribution in [3.05, 3.63) is 17.5 Å². The van der Waals surface area contributed by atoms with E-state index < -0.39 is 0 Å². The highest BCUT2D eigenvalue weighted by molar-refractivity contribution is 5.92. The average Bonchev–Trinajstić information content (AvgIpc) is 2.71. The third-order valence-corrected chi connectivity index (χ3v) is 3.62. The lowest BCUT2D eigenvalue weighted by molar-refractivity contribution is 0.100. The molecule has 0 N–H and O–H groups in total. The van der Waals surface area contributed by atoms with E-state index in [-0.39, 0.29) is 5.78 Å². The summed E-state index contributed by atoms with van der Waals surface area (Å²) in [6.07, 6.45) is 3.69. The highest BCUT2D eigenvalue weighted by Crippen LogP contribution is 2.29. The Morgan fingerprint density at radius 1 is 1.53 bits per heavy atom. The third kappa shape index (κ3) is 2.41. The maximum absolute atomic E-state index is 11.4. The summed E-state index contributed by atoms with van der Waals surface area (Å²) in [6, 6.07) is 2.36. The van der Waals surface area contributed by atoms with E-state index in [1.165, 1.54) is 12.8 Å². The van der Waals surface area contributed by atoms with Crippen LogP contribution in [0.1, 0.15) is 55.3 Å². The minimum absolute atomic E-state index is 0.0881. The molecule has 0 bridgehead atoms. The molecule has 1 aromatic rings. The van der Waals surface area contributed by atoms with E-state index in [0.717, 1.165) is 25.2 Å². The summed E-state index contributed by atoms with van der Waals surface area (Å²) in [5, 5.41) is 4.51. The molecular weight excluding hydrogens is 214 g/mol. The second-order valence-corrected chi connectivity index (χ2v) is 4.77.